The summed E-state index contributed by atoms with van der Waals surface area (Å²) in [6.07, 6.45) is 3.44. The molecule has 0 radical (unpaired) electrons. The van der Waals surface area contributed by atoms with Crippen molar-refractivity contribution in [3.8, 4) is 5.82 Å². The molecule has 0 amide bonds. The Hall–Kier alpha value is -2.37. The van der Waals surface area contributed by atoms with Crippen LogP contribution >= 0.6 is 0 Å². The van der Waals surface area contributed by atoms with Crippen molar-refractivity contribution >= 4 is 5.84 Å². The summed E-state index contributed by atoms with van der Waals surface area (Å²) in [6.45, 7) is 4.15. The van der Waals surface area contributed by atoms with Crippen molar-refractivity contribution in [1.82, 2.24) is 14.8 Å². The number of hydrogen-bond donors (Lipinski definition) is 2. The van der Waals surface area contributed by atoms with Crippen LogP contribution in [-0.4, -0.2) is 25.8 Å². The van der Waals surface area contributed by atoms with Gasteiger partial charge in [-0.25, -0.2) is 9.67 Å². The molecule has 0 atom stereocenters. The number of hydrogen-bond acceptors (Lipinski definition) is 4. The Kier molecular flexibility index (Phi) is 3.27. The lowest BCUT2D eigenvalue weighted by Crippen LogP contribution is -2.14. The minimum atomic E-state index is 0.0508. The zero-order chi connectivity index (χ0) is 13.1. The molecule has 0 saturated carbocycles. The Morgan fingerprint density at radius 3 is 2.83 bits per heavy atom. The molecule has 0 unspecified atom stereocenters. The molecule has 0 spiro atoms. The smallest absolute Gasteiger partial charge is 0.170 e. The van der Waals surface area contributed by atoms with Crippen LogP contribution in [0.25, 0.3) is 5.82 Å². The van der Waals surface area contributed by atoms with Gasteiger partial charge < -0.3 is 10.9 Å². The first kappa shape index (κ1) is 12.1. The van der Waals surface area contributed by atoms with Crippen LogP contribution in [-0.2, 0) is 0 Å². The summed E-state index contributed by atoms with van der Waals surface area (Å²) < 4.78 is 1.67. The van der Waals surface area contributed by atoms with Gasteiger partial charge in [0.25, 0.3) is 0 Å². The second-order valence-electron chi connectivity index (χ2n) is 4.23. The normalized spacial score (nSPS) is 12.1. The SMILES string of the molecule is CC(C)c1ccn(-c2cc(C(N)=NO)ccn2)n1. The summed E-state index contributed by atoms with van der Waals surface area (Å²) in [4.78, 5) is 4.21. The van der Waals surface area contributed by atoms with E-state index in [1.54, 1.807) is 23.0 Å². The van der Waals surface area contributed by atoms with E-state index in [0.29, 0.717) is 17.3 Å². The molecular formula is C12H15N5O. The summed E-state index contributed by atoms with van der Waals surface area (Å²) in [5.41, 5.74) is 7.13. The molecule has 2 heterocycles. The zero-order valence-electron chi connectivity index (χ0n) is 10.3. The zero-order valence-corrected chi connectivity index (χ0v) is 10.3. The minimum absolute atomic E-state index is 0.0508. The number of rotatable bonds is 3. The van der Waals surface area contributed by atoms with Gasteiger partial charge in [-0.2, -0.15) is 5.10 Å². The van der Waals surface area contributed by atoms with Crippen LogP contribution in [0.15, 0.2) is 35.7 Å². The lowest BCUT2D eigenvalue weighted by atomic mass is 10.1. The van der Waals surface area contributed by atoms with Crippen LogP contribution in [0.1, 0.15) is 31.0 Å². The van der Waals surface area contributed by atoms with Crippen molar-refractivity contribution in [2.45, 2.75) is 19.8 Å². The fourth-order valence-corrected chi connectivity index (χ4v) is 1.53. The van der Waals surface area contributed by atoms with Crippen LogP contribution < -0.4 is 5.73 Å². The number of oxime groups is 1. The van der Waals surface area contributed by atoms with Gasteiger partial charge >= 0.3 is 0 Å². The lowest BCUT2D eigenvalue weighted by Gasteiger charge is -2.03. The maximum absolute atomic E-state index is 8.65. The van der Waals surface area contributed by atoms with Gasteiger partial charge in [0.1, 0.15) is 0 Å². The Morgan fingerprint density at radius 2 is 2.22 bits per heavy atom. The van der Waals surface area contributed by atoms with Crippen molar-refractivity contribution < 1.29 is 5.21 Å². The van der Waals surface area contributed by atoms with Gasteiger partial charge in [0.05, 0.1) is 5.69 Å². The molecule has 2 aromatic heterocycles. The average molecular weight is 245 g/mol. The summed E-state index contributed by atoms with van der Waals surface area (Å²) in [7, 11) is 0. The molecule has 0 aliphatic carbocycles. The third-order valence-electron chi connectivity index (χ3n) is 2.58. The van der Waals surface area contributed by atoms with E-state index >= 15 is 0 Å². The molecule has 0 aliphatic heterocycles. The Bertz CT molecular complexity index is 573. The van der Waals surface area contributed by atoms with Crippen molar-refractivity contribution in [1.29, 1.82) is 0 Å². The van der Waals surface area contributed by atoms with Gasteiger partial charge in [-0.1, -0.05) is 19.0 Å². The molecular weight excluding hydrogens is 230 g/mol. The molecule has 6 nitrogen and oxygen atoms in total. The number of nitrogens with zero attached hydrogens (tertiary/aromatic N) is 4. The largest absolute Gasteiger partial charge is 0.409 e. The second-order valence-corrected chi connectivity index (χ2v) is 4.23. The van der Waals surface area contributed by atoms with Gasteiger partial charge in [-0.15, -0.1) is 0 Å². The highest BCUT2D eigenvalue weighted by atomic mass is 16.4. The summed E-state index contributed by atoms with van der Waals surface area (Å²) in [5, 5.41) is 16.0. The van der Waals surface area contributed by atoms with E-state index in [9.17, 15) is 0 Å². The van der Waals surface area contributed by atoms with E-state index in [2.05, 4.69) is 29.1 Å². The van der Waals surface area contributed by atoms with Crippen LogP contribution in [0, 0.1) is 0 Å². The fourth-order valence-electron chi connectivity index (χ4n) is 1.53. The average Bonchev–Trinajstić information content (AvgIpc) is 2.88. The molecule has 94 valence electrons. The molecule has 0 fully saturated rings. The van der Waals surface area contributed by atoms with Crippen molar-refractivity contribution in [2.24, 2.45) is 10.9 Å². The van der Waals surface area contributed by atoms with Crippen LogP contribution in [0.5, 0.6) is 0 Å². The number of pyridine rings is 1. The summed E-state index contributed by atoms with van der Waals surface area (Å²) in [6, 6.07) is 5.33. The molecule has 18 heavy (non-hydrogen) atoms. The van der Waals surface area contributed by atoms with Gasteiger partial charge in [-0.3, -0.25) is 0 Å². The van der Waals surface area contributed by atoms with Crippen LogP contribution in [0.3, 0.4) is 0 Å². The molecule has 2 rings (SSSR count). The van der Waals surface area contributed by atoms with E-state index in [4.69, 9.17) is 10.9 Å². The Balaban J connectivity index is 2.38. The highest BCUT2D eigenvalue weighted by Gasteiger charge is 2.07. The Labute approximate surface area is 105 Å². The lowest BCUT2D eigenvalue weighted by molar-refractivity contribution is 0.318. The number of nitrogens with two attached hydrogens (primary N) is 1. The first-order valence-electron chi connectivity index (χ1n) is 5.61. The van der Waals surface area contributed by atoms with Crippen molar-refractivity contribution in [3.05, 3.63) is 41.9 Å². The quantitative estimate of drug-likeness (QED) is 0.371. The van der Waals surface area contributed by atoms with E-state index in [-0.39, 0.29) is 5.84 Å². The third kappa shape index (κ3) is 2.32. The number of amidine groups is 1. The highest BCUT2D eigenvalue weighted by Crippen LogP contribution is 2.13. The molecule has 0 bridgehead atoms. The summed E-state index contributed by atoms with van der Waals surface area (Å²) >= 11 is 0. The third-order valence-corrected chi connectivity index (χ3v) is 2.58. The monoisotopic (exact) mass is 245 g/mol. The van der Waals surface area contributed by atoms with E-state index < -0.39 is 0 Å². The van der Waals surface area contributed by atoms with Gasteiger partial charge in [0.2, 0.25) is 0 Å². The second kappa shape index (κ2) is 4.87. The van der Waals surface area contributed by atoms with Gasteiger partial charge in [-0.05, 0) is 24.1 Å². The van der Waals surface area contributed by atoms with Crippen LogP contribution in [0.4, 0.5) is 0 Å². The first-order chi connectivity index (χ1) is 8.61. The topological polar surface area (TPSA) is 89.3 Å². The molecule has 2 aromatic rings. The van der Waals surface area contributed by atoms with Crippen LogP contribution in [0.2, 0.25) is 0 Å². The van der Waals surface area contributed by atoms with Crippen molar-refractivity contribution in [2.75, 3.05) is 0 Å². The molecule has 0 aliphatic rings. The molecule has 0 aromatic carbocycles. The standard InChI is InChI=1S/C12H15N5O/c1-8(2)10-4-6-17(15-10)11-7-9(3-5-14-11)12(13)16-18/h3-8,18H,1-2H3,(H2,13,16). The molecule has 6 heteroatoms. The maximum atomic E-state index is 8.65. The molecule has 0 saturated heterocycles. The highest BCUT2D eigenvalue weighted by molar-refractivity contribution is 5.97. The molecule has 3 N–H and O–H groups in total. The van der Waals surface area contributed by atoms with Gasteiger partial charge in [0, 0.05) is 18.0 Å². The van der Waals surface area contributed by atoms with Crippen molar-refractivity contribution in [3.63, 3.8) is 0 Å². The fraction of sp³-hybridized carbons (Fsp3) is 0.250. The predicted molar refractivity (Wildman–Crippen MR) is 68.0 cm³/mol. The van der Waals surface area contributed by atoms with E-state index in [0.717, 1.165) is 5.69 Å². The first-order valence-corrected chi connectivity index (χ1v) is 5.61. The summed E-state index contributed by atoms with van der Waals surface area (Å²) in [5.74, 6) is 1.04. The van der Waals surface area contributed by atoms with E-state index in [1.807, 2.05) is 12.3 Å². The maximum Gasteiger partial charge on any atom is 0.170 e. The predicted octanol–water partition coefficient (Wildman–Crippen LogP) is 1.49. The van der Waals surface area contributed by atoms with E-state index in [1.165, 1.54) is 0 Å². The number of aromatic nitrogens is 3. The van der Waals surface area contributed by atoms with Gasteiger partial charge in [0.15, 0.2) is 11.7 Å². The minimum Gasteiger partial charge on any atom is -0.409 e. The Morgan fingerprint density at radius 1 is 1.44 bits per heavy atom.